The van der Waals surface area contributed by atoms with Gasteiger partial charge >= 0.3 is 0 Å². The van der Waals surface area contributed by atoms with Gasteiger partial charge in [0.1, 0.15) is 0 Å². The van der Waals surface area contributed by atoms with Gasteiger partial charge < -0.3 is 4.57 Å². The van der Waals surface area contributed by atoms with E-state index in [9.17, 15) is 0 Å². The van der Waals surface area contributed by atoms with E-state index in [1.54, 1.807) is 0 Å². The Morgan fingerprint density at radius 3 is 2.59 bits per heavy atom. The van der Waals surface area contributed by atoms with Crippen LogP contribution in [0.25, 0.3) is 5.69 Å². The van der Waals surface area contributed by atoms with Gasteiger partial charge in [-0.05, 0) is 25.1 Å². The third-order valence-corrected chi connectivity index (χ3v) is 3.61. The molecule has 0 N–H and O–H groups in total. The zero-order valence-electron chi connectivity index (χ0n) is 10.3. The Bertz CT molecular complexity index is 592. The average Bonchev–Trinajstić information content (AvgIpc) is 2.88. The molecule has 0 aliphatic carbocycles. The first-order chi connectivity index (χ1) is 8.09. The molecular weight excluding hydrogens is 210 g/mol. The van der Waals surface area contributed by atoms with Crippen LogP contribution in [0.5, 0.6) is 0 Å². The molecule has 0 radical (unpaired) electrons. The van der Waals surface area contributed by atoms with Gasteiger partial charge in [0.15, 0.2) is 5.82 Å². The number of hydrogen-bond donors (Lipinski definition) is 0. The van der Waals surface area contributed by atoms with E-state index in [-0.39, 0.29) is 5.41 Å². The van der Waals surface area contributed by atoms with Gasteiger partial charge in [-0.1, -0.05) is 13.8 Å². The number of nitrogens with zero attached hydrogens (tertiary/aromatic N) is 3. The molecule has 2 aromatic rings. The molecule has 3 rings (SSSR count). The SMILES string of the molecule is CC1=Nc2ncc(-n3cccc3)cc2C1(C)C. The molecular formula is C14H15N3. The lowest BCUT2D eigenvalue weighted by atomic mass is 9.83. The van der Waals surface area contributed by atoms with Crippen molar-refractivity contribution in [3.05, 3.63) is 42.4 Å². The normalized spacial score (nSPS) is 16.8. The maximum absolute atomic E-state index is 4.52. The molecule has 3 nitrogen and oxygen atoms in total. The lowest BCUT2D eigenvalue weighted by Crippen LogP contribution is -2.22. The van der Waals surface area contributed by atoms with Crippen LogP contribution >= 0.6 is 0 Å². The topological polar surface area (TPSA) is 30.2 Å². The van der Waals surface area contributed by atoms with E-state index >= 15 is 0 Å². The van der Waals surface area contributed by atoms with Crippen LogP contribution < -0.4 is 0 Å². The van der Waals surface area contributed by atoms with E-state index in [4.69, 9.17) is 0 Å². The molecule has 0 saturated heterocycles. The highest BCUT2D eigenvalue weighted by atomic mass is 15.0. The van der Waals surface area contributed by atoms with Crippen molar-refractivity contribution in [2.75, 3.05) is 0 Å². The summed E-state index contributed by atoms with van der Waals surface area (Å²) in [7, 11) is 0. The Balaban J connectivity index is 2.15. The van der Waals surface area contributed by atoms with Crippen LogP contribution in [0.3, 0.4) is 0 Å². The lowest BCUT2D eigenvalue weighted by Gasteiger charge is -2.20. The molecule has 17 heavy (non-hydrogen) atoms. The molecule has 0 atom stereocenters. The summed E-state index contributed by atoms with van der Waals surface area (Å²) in [4.78, 5) is 8.98. The standard InChI is InChI=1S/C14H15N3/c1-10-14(2,3)12-8-11(9-15-13(12)16-10)17-6-4-5-7-17/h4-9H,1-3H3. The van der Waals surface area contributed by atoms with Crippen LogP contribution in [0.2, 0.25) is 0 Å². The maximum atomic E-state index is 4.52. The van der Waals surface area contributed by atoms with E-state index in [0.29, 0.717) is 0 Å². The minimum absolute atomic E-state index is 0.00844. The Kier molecular flexibility index (Phi) is 1.99. The summed E-state index contributed by atoms with van der Waals surface area (Å²) in [5, 5.41) is 0. The quantitative estimate of drug-likeness (QED) is 0.732. The van der Waals surface area contributed by atoms with Gasteiger partial charge in [-0.15, -0.1) is 0 Å². The number of rotatable bonds is 1. The van der Waals surface area contributed by atoms with E-state index in [1.165, 1.54) is 5.56 Å². The van der Waals surface area contributed by atoms with Crippen LogP contribution in [0.4, 0.5) is 5.82 Å². The van der Waals surface area contributed by atoms with Crippen molar-refractivity contribution in [1.29, 1.82) is 0 Å². The smallest absolute Gasteiger partial charge is 0.156 e. The number of hydrogen-bond acceptors (Lipinski definition) is 2. The van der Waals surface area contributed by atoms with Crippen molar-refractivity contribution >= 4 is 11.5 Å². The predicted molar refractivity (Wildman–Crippen MR) is 69.4 cm³/mol. The summed E-state index contributed by atoms with van der Waals surface area (Å²) in [5.74, 6) is 0.864. The lowest BCUT2D eigenvalue weighted by molar-refractivity contribution is 0.729. The van der Waals surface area contributed by atoms with Crippen LogP contribution in [-0.2, 0) is 5.41 Å². The molecule has 2 aromatic heterocycles. The van der Waals surface area contributed by atoms with E-state index in [1.807, 2.05) is 30.7 Å². The first-order valence-electron chi connectivity index (χ1n) is 5.79. The number of aliphatic imine (C=N–C) groups is 1. The average molecular weight is 225 g/mol. The fourth-order valence-corrected chi connectivity index (χ4v) is 2.14. The summed E-state index contributed by atoms with van der Waals surface area (Å²) in [6, 6.07) is 6.21. The Morgan fingerprint density at radius 2 is 1.88 bits per heavy atom. The van der Waals surface area contributed by atoms with Crippen molar-refractivity contribution in [3.8, 4) is 5.69 Å². The molecule has 1 aliphatic heterocycles. The molecule has 3 heteroatoms. The van der Waals surface area contributed by atoms with Gasteiger partial charge in [0.2, 0.25) is 0 Å². The molecule has 3 heterocycles. The highest BCUT2D eigenvalue weighted by Crippen LogP contribution is 2.39. The van der Waals surface area contributed by atoms with Gasteiger partial charge in [0.05, 0.1) is 11.9 Å². The van der Waals surface area contributed by atoms with Gasteiger partial charge in [0, 0.05) is 29.1 Å². The number of fused-ring (bicyclic) bond motifs is 1. The van der Waals surface area contributed by atoms with Gasteiger partial charge in [0.25, 0.3) is 0 Å². The van der Waals surface area contributed by atoms with E-state index in [2.05, 4.69) is 41.4 Å². The second-order valence-electron chi connectivity index (χ2n) is 4.98. The highest BCUT2D eigenvalue weighted by molar-refractivity contribution is 5.98. The predicted octanol–water partition coefficient (Wildman–Crippen LogP) is 3.26. The summed E-state index contributed by atoms with van der Waals surface area (Å²) in [6.45, 7) is 6.45. The number of pyridine rings is 1. The van der Waals surface area contributed by atoms with Crippen LogP contribution in [0.15, 0.2) is 41.8 Å². The Hall–Kier alpha value is -1.90. The zero-order valence-corrected chi connectivity index (χ0v) is 10.3. The van der Waals surface area contributed by atoms with Crippen molar-refractivity contribution in [1.82, 2.24) is 9.55 Å². The van der Waals surface area contributed by atoms with E-state index < -0.39 is 0 Å². The third-order valence-electron chi connectivity index (χ3n) is 3.61. The molecule has 0 amide bonds. The summed E-state index contributed by atoms with van der Waals surface area (Å²) < 4.78 is 2.07. The molecule has 0 aromatic carbocycles. The van der Waals surface area contributed by atoms with Crippen molar-refractivity contribution in [2.24, 2.45) is 4.99 Å². The maximum Gasteiger partial charge on any atom is 0.156 e. The van der Waals surface area contributed by atoms with Crippen LogP contribution in [0, 0.1) is 0 Å². The van der Waals surface area contributed by atoms with Crippen LogP contribution in [-0.4, -0.2) is 15.3 Å². The highest BCUT2D eigenvalue weighted by Gasteiger charge is 2.33. The first kappa shape index (κ1) is 10.3. The van der Waals surface area contributed by atoms with Gasteiger partial charge in [-0.2, -0.15) is 0 Å². The fourth-order valence-electron chi connectivity index (χ4n) is 2.14. The monoisotopic (exact) mass is 225 g/mol. The summed E-state index contributed by atoms with van der Waals surface area (Å²) in [5.41, 5.74) is 3.42. The molecule has 86 valence electrons. The van der Waals surface area contributed by atoms with Gasteiger partial charge in [-0.3, -0.25) is 0 Å². The third kappa shape index (κ3) is 1.42. The first-order valence-corrected chi connectivity index (χ1v) is 5.79. The zero-order chi connectivity index (χ0) is 12.0. The molecule has 0 bridgehead atoms. The van der Waals surface area contributed by atoms with Crippen molar-refractivity contribution in [3.63, 3.8) is 0 Å². The Morgan fingerprint density at radius 1 is 1.18 bits per heavy atom. The molecule has 0 unspecified atom stereocenters. The Labute approximate surface area is 101 Å². The van der Waals surface area contributed by atoms with Crippen molar-refractivity contribution in [2.45, 2.75) is 26.2 Å². The molecule has 0 spiro atoms. The number of aromatic nitrogens is 2. The van der Waals surface area contributed by atoms with Gasteiger partial charge in [-0.25, -0.2) is 9.98 Å². The molecule has 0 fully saturated rings. The summed E-state index contributed by atoms with van der Waals surface area (Å²) in [6.07, 6.45) is 5.93. The van der Waals surface area contributed by atoms with E-state index in [0.717, 1.165) is 17.2 Å². The minimum atomic E-state index is -0.00844. The molecule has 0 saturated carbocycles. The van der Waals surface area contributed by atoms with Crippen molar-refractivity contribution < 1.29 is 0 Å². The second-order valence-corrected chi connectivity index (χ2v) is 4.98. The van der Waals surface area contributed by atoms with Crippen LogP contribution in [0.1, 0.15) is 26.3 Å². The molecule has 1 aliphatic rings. The largest absolute Gasteiger partial charge is 0.322 e. The second kappa shape index (κ2) is 3.29. The minimum Gasteiger partial charge on any atom is -0.322 e. The summed E-state index contributed by atoms with van der Waals surface area (Å²) >= 11 is 0. The fraction of sp³-hybridized carbons (Fsp3) is 0.286.